The van der Waals surface area contributed by atoms with E-state index in [0.29, 0.717) is 18.5 Å². The Morgan fingerprint density at radius 2 is 2.38 bits per heavy atom. The second-order valence-electron chi connectivity index (χ2n) is 4.19. The summed E-state index contributed by atoms with van der Waals surface area (Å²) in [6.07, 6.45) is 2.97. The molecule has 0 aromatic carbocycles. The molecule has 1 aromatic rings. The van der Waals surface area contributed by atoms with Crippen molar-refractivity contribution in [2.45, 2.75) is 19.3 Å². The lowest BCUT2D eigenvalue weighted by Crippen LogP contribution is -2.49. The molecule has 0 saturated carbocycles. The van der Waals surface area contributed by atoms with E-state index in [1.807, 2.05) is 0 Å². The van der Waals surface area contributed by atoms with Crippen LogP contribution in [0.5, 0.6) is 0 Å². The first-order valence-electron chi connectivity index (χ1n) is 5.20. The van der Waals surface area contributed by atoms with E-state index < -0.39 is 18.4 Å². The number of amides is 1. The highest BCUT2D eigenvalue weighted by Crippen LogP contribution is 2.32. The molecular weight excluding hydrogens is 216 g/mol. The van der Waals surface area contributed by atoms with Gasteiger partial charge in [-0.3, -0.25) is 4.79 Å². The molecule has 1 aliphatic heterocycles. The molecule has 0 bridgehead atoms. The molecule has 0 spiro atoms. The maximum absolute atomic E-state index is 13.4. The number of likely N-dealkylation sites (tertiary alicyclic amines) is 1. The lowest BCUT2D eigenvalue weighted by Gasteiger charge is -2.36. The zero-order chi connectivity index (χ0) is 11.8. The maximum Gasteiger partial charge on any atom is 0.267 e. The average molecular weight is 229 g/mol. The molecule has 1 aromatic heterocycles. The molecule has 0 radical (unpaired) electrons. The summed E-state index contributed by atoms with van der Waals surface area (Å²) in [5, 5.41) is 0. The molecule has 0 N–H and O–H groups in total. The monoisotopic (exact) mass is 229 g/mol. The van der Waals surface area contributed by atoms with Crippen molar-refractivity contribution in [3.8, 4) is 0 Å². The van der Waals surface area contributed by atoms with E-state index in [-0.39, 0.29) is 5.91 Å². The van der Waals surface area contributed by atoms with Crippen molar-refractivity contribution in [3.63, 3.8) is 0 Å². The summed E-state index contributed by atoms with van der Waals surface area (Å²) in [6, 6.07) is 1.48. The van der Waals surface area contributed by atoms with Gasteiger partial charge in [-0.15, -0.1) is 0 Å². The molecule has 5 heteroatoms. The number of furan rings is 1. The molecule has 1 amide bonds. The molecule has 0 aliphatic carbocycles. The number of carbonyl (C=O) groups excluding carboxylic acids is 1. The summed E-state index contributed by atoms with van der Waals surface area (Å²) < 4.78 is 31.6. The summed E-state index contributed by atoms with van der Waals surface area (Å²) in [5.74, 6) is -3.85. The Hall–Kier alpha value is -1.39. The van der Waals surface area contributed by atoms with Crippen LogP contribution in [0, 0.1) is 5.92 Å². The highest BCUT2D eigenvalue weighted by Gasteiger charge is 2.43. The molecule has 3 nitrogen and oxygen atoms in total. The van der Waals surface area contributed by atoms with Gasteiger partial charge < -0.3 is 9.32 Å². The summed E-state index contributed by atoms with van der Waals surface area (Å²) in [7, 11) is 0. The Labute approximate surface area is 92.0 Å². The van der Waals surface area contributed by atoms with Gasteiger partial charge in [-0.1, -0.05) is 6.92 Å². The van der Waals surface area contributed by atoms with E-state index in [2.05, 4.69) is 0 Å². The quantitative estimate of drug-likeness (QED) is 0.740. The second-order valence-corrected chi connectivity index (χ2v) is 4.19. The van der Waals surface area contributed by atoms with Crippen molar-refractivity contribution in [2.75, 3.05) is 13.1 Å². The first-order chi connectivity index (χ1) is 7.50. The van der Waals surface area contributed by atoms with Crippen LogP contribution in [0.1, 0.15) is 23.7 Å². The summed E-state index contributed by atoms with van der Waals surface area (Å²) in [6.45, 7) is 1.39. The fraction of sp³-hybridized carbons (Fsp3) is 0.545. The Kier molecular flexibility index (Phi) is 2.69. The van der Waals surface area contributed by atoms with Crippen LogP contribution in [-0.2, 0) is 0 Å². The Morgan fingerprint density at radius 1 is 1.62 bits per heavy atom. The van der Waals surface area contributed by atoms with Crippen LogP contribution in [0.3, 0.4) is 0 Å². The van der Waals surface area contributed by atoms with Crippen LogP contribution in [0.2, 0.25) is 0 Å². The second kappa shape index (κ2) is 3.88. The highest BCUT2D eigenvalue weighted by atomic mass is 19.3. The molecule has 16 heavy (non-hydrogen) atoms. The Bertz CT molecular complexity index is 375. The van der Waals surface area contributed by atoms with E-state index in [1.165, 1.54) is 30.4 Å². The smallest absolute Gasteiger partial charge is 0.267 e. The van der Waals surface area contributed by atoms with Gasteiger partial charge in [0.25, 0.3) is 11.8 Å². The van der Waals surface area contributed by atoms with Gasteiger partial charge in [0.1, 0.15) is 6.26 Å². The number of hydrogen-bond acceptors (Lipinski definition) is 2. The third kappa shape index (κ3) is 1.94. The van der Waals surface area contributed by atoms with E-state index in [0.717, 1.165) is 0 Å². The van der Waals surface area contributed by atoms with Gasteiger partial charge in [0.2, 0.25) is 0 Å². The molecule has 1 fully saturated rings. The van der Waals surface area contributed by atoms with Gasteiger partial charge in [-0.05, 0) is 12.5 Å². The standard InChI is InChI=1S/C11H13F2NO2/c1-8-2-4-14(7-11(8,12)13)10(15)9-3-5-16-6-9/h3,5-6,8H,2,4,7H2,1H3. The number of nitrogens with zero attached hydrogens (tertiary/aromatic N) is 1. The predicted molar refractivity (Wildman–Crippen MR) is 53.3 cm³/mol. The Balaban J connectivity index is 2.10. The van der Waals surface area contributed by atoms with Crippen molar-refractivity contribution >= 4 is 5.91 Å². The third-order valence-corrected chi connectivity index (χ3v) is 3.01. The largest absolute Gasteiger partial charge is 0.472 e. The number of halogens is 2. The van der Waals surface area contributed by atoms with Crippen LogP contribution < -0.4 is 0 Å². The highest BCUT2D eigenvalue weighted by molar-refractivity contribution is 5.93. The van der Waals surface area contributed by atoms with Crippen LogP contribution in [0.25, 0.3) is 0 Å². The van der Waals surface area contributed by atoms with Crippen molar-refractivity contribution in [2.24, 2.45) is 5.92 Å². The fourth-order valence-corrected chi connectivity index (χ4v) is 1.79. The molecule has 1 aliphatic rings. The van der Waals surface area contributed by atoms with Crippen LogP contribution >= 0.6 is 0 Å². The van der Waals surface area contributed by atoms with Gasteiger partial charge in [-0.2, -0.15) is 0 Å². The maximum atomic E-state index is 13.4. The third-order valence-electron chi connectivity index (χ3n) is 3.01. The van der Waals surface area contributed by atoms with Crippen LogP contribution in [0.4, 0.5) is 8.78 Å². The molecule has 88 valence electrons. The van der Waals surface area contributed by atoms with E-state index in [1.54, 1.807) is 0 Å². The van der Waals surface area contributed by atoms with E-state index >= 15 is 0 Å². The fourth-order valence-electron chi connectivity index (χ4n) is 1.79. The van der Waals surface area contributed by atoms with Crippen LogP contribution in [0.15, 0.2) is 23.0 Å². The minimum atomic E-state index is -2.79. The minimum absolute atomic E-state index is 0.324. The lowest BCUT2D eigenvalue weighted by atomic mass is 9.94. The number of alkyl halides is 2. The molecule has 1 saturated heterocycles. The lowest BCUT2D eigenvalue weighted by molar-refractivity contribution is -0.0957. The topological polar surface area (TPSA) is 33.5 Å². The SMILES string of the molecule is CC1CCN(C(=O)c2ccoc2)CC1(F)F. The first kappa shape index (κ1) is 11.1. The van der Waals surface area contributed by atoms with Crippen molar-refractivity contribution in [1.29, 1.82) is 0 Å². The number of hydrogen-bond donors (Lipinski definition) is 0. The van der Waals surface area contributed by atoms with Crippen molar-refractivity contribution < 1.29 is 18.0 Å². The zero-order valence-corrected chi connectivity index (χ0v) is 8.95. The van der Waals surface area contributed by atoms with E-state index in [9.17, 15) is 13.6 Å². The van der Waals surface area contributed by atoms with Crippen LogP contribution in [-0.4, -0.2) is 29.8 Å². The molecular formula is C11H13F2NO2. The summed E-state index contributed by atoms with van der Waals surface area (Å²) >= 11 is 0. The first-order valence-corrected chi connectivity index (χ1v) is 5.20. The van der Waals surface area contributed by atoms with Gasteiger partial charge in [-0.25, -0.2) is 8.78 Å². The number of piperidine rings is 1. The van der Waals surface area contributed by atoms with E-state index in [4.69, 9.17) is 4.42 Å². The molecule has 1 unspecified atom stereocenters. The van der Waals surface area contributed by atoms with Crippen molar-refractivity contribution in [1.82, 2.24) is 4.90 Å². The summed E-state index contributed by atoms with van der Waals surface area (Å²) in [4.78, 5) is 13.0. The molecule has 1 atom stereocenters. The van der Waals surface area contributed by atoms with Gasteiger partial charge in [0.05, 0.1) is 18.4 Å². The van der Waals surface area contributed by atoms with Gasteiger partial charge in [0, 0.05) is 12.5 Å². The Morgan fingerprint density at radius 3 is 2.94 bits per heavy atom. The average Bonchev–Trinajstić information content (AvgIpc) is 2.74. The minimum Gasteiger partial charge on any atom is -0.472 e. The number of rotatable bonds is 1. The van der Waals surface area contributed by atoms with Crippen molar-refractivity contribution in [3.05, 3.63) is 24.2 Å². The van der Waals surface area contributed by atoms with Gasteiger partial charge >= 0.3 is 0 Å². The van der Waals surface area contributed by atoms with Gasteiger partial charge in [0.15, 0.2) is 0 Å². The zero-order valence-electron chi connectivity index (χ0n) is 8.95. The predicted octanol–water partition coefficient (Wildman–Crippen LogP) is 2.40. The molecule has 2 heterocycles. The summed E-state index contributed by atoms with van der Waals surface area (Å²) in [5.41, 5.74) is 0.324. The normalized spacial score (nSPS) is 24.4. The molecule has 2 rings (SSSR count). The number of carbonyl (C=O) groups is 1.